The second kappa shape index (κ2) is 6.17. The molecule has 0 aromatic heterocycles. The smallest absolute Gasteiger partial charge is 0.165 e. The number of hydrogen-bond acceptors (Lipinski definition) is 2. The van der Waals surface area contributed by atoms with Crippen LogP contribution in [-0.2, 0) is 6.42 Å². The molecule has 2 aromatic rings. The highest BCUT2D eigenvalue weighted by Gasteiger charge is 2.07. The highest BCUT2D eigenvalue weighted by molar-refractivity contribution is 9.10. The molecule has 0 aliphatic rings. The van der Waals surface area contributed by atoms with E-state index in [0.29, 0.717) is 5.75 Å². The fraction of sp³-hybridized carbons (Fsp3) is 0.200. The van der Waals surface area contributed by atoms with Crippen molar-refractivity contribution in [1.82, 2.24) is 0 Å². The fourth-order valence-corrected chi connectivity index (χ4v) is 2.28. The van der Waals surface area contributed by atoms with Crippen LogP contribution in [0.3, 0.4) is 0 Å². The summed E-state index contributed by atoms with van der Waals surface area (Å²) >= 11 is 3.48. The third kappa shape index (κ3) is 3.78. The Hall–Kier alpha value is -1.39. The van der Waals surface area contributed by atoms with E-state index < -0.39 is 0 Å². The average Bonchev–Trinajstić information content (AvgIpc) is 2.35. The van der Waals surface area contributed by atoms with Crippen molar-refractivity contribution < 1.29 is 9.13 Å². The van der Waals surface area contributed by atoms with Crippen LogP contribution in [0.25, 0.3) is 0 Å². The molecule has 0 amide bonds. The van der Waals surface area contributed by atoms with Crippen molar-refractivity contribution in [2.75, 3.05) is 0 Å². The Balaban J connectivity index is 2.19. The van der Waals surface area contributed by atoms with E-state index >= 15 is 0 Å². The second-order valence-electron chi connectivity index (χ2n) is 4.47. The minimum atomic E-state index is -0.377. The molecule has 1 atom stereocenters. The molecule has 2 nitrogen and oxygen atoms in total. The zero-order chi connectivity index (χ0) is 13.8. The molecular formula is C15H15BrFNO. The summed E-state index contributed by atoms with van der Waals surface area (Å²) in [7, 11) is 0. The summed E-state index contributed by atoms with van der Waals surface area (Å²) in [4.78, 5) is 0. The second-order valence-corrected chi connectivity index (χ2v) is 5.32. The third-order valence-electron chi connectivity index (χ3n) is 2.63. The summed E-state index contributed by atoms with van der Waals surface area (Å²) in [5.41, 5.74) is 6.88. The van der Waals surface area contributed by atoms with E-state index in [0.717, 1.165) is 16.5 Å². The van der Waals surface area contributed by atoms with E-state index in [9.17, 15) is 4.39 Å². The number of hydrogen-bond donors (Lipinski definition) is 1. The van der Waals surface area contributed by atoms with Crippen molar-refractivity contribution in [3.8, 4) is 11.5 Å². The topological polar surface area (TPSA) is 35.2 Å². The summed E-state index contributed by atoms with van der Waals surface area (Å²) in [6.45, 7) is 1.95. The van der Waals surface area contributed by atoms with E-state index in [-0.39, 0.29) is 17.6 Å². The molecule has 0 radical (unpaired) electrons. The molecule has 0 aliphatic carbocycles. The normalized spacial score (nSPS) is 12.2. The first-order valence-electron chi connectivity index (χ1n) is 6.02. The zero-order valence-electron chi connectivity index (χ0n) is 10.6. The van der Waals surface area contributed by atoms with E-state index in [4.69, 9.17) is 10.5 Å². The number of para-hydroxylation sites is 1. The molecule has 2 N–H and O–H groups in total. The van der Waals surface area contributed by atoms with Crippen LogP contribution < -0.4 is 10.5 Å². The lowest BCUT2D eigenvalue weighted by Crippen LogP contribution is -2.17. The molecule has 1 unspecified atom stereocenters. The summed E-state index contributed by atoms with van der Waals surface area (Å²) in [6.07, 6.45) is 0.778. The molecular weight excluding hydrogens is 309 g/mol. The van der Waals surface area contributed by atoms with Crippen molar-refractivity contribution in [2.24, 2.45) is 5.73 Å². The third-order valence-corrected chi connectivity index (χ3v) is 3.37. The Morgan fingerprint density at radius 2 is 2.00 bits per heavy atom. The first-order chi connectivity index (χ1) is 9.06. The van der Waals surface area contributed by atoms with Crippen molar-refractivity contribution in [1.29, 1.82) is 0 Å². The van der Waals surface area contributed by atoms with Gasteiger partial charge in [0, 0.05) is 10.5 Å². The summed E-state index contributed by atoms with van der Waals surface area (Å²) in [5.74, 6) is 0.429. The Kier molecular flexibility index (Phi) is 4.56. The van der Waals surface area contributed by atoms with E-state index in [1.165, 1.54) is 6.07 Å². The van der Waals surface area contributed by atoms with Crippen LogP contribution in [0.15, 0.2) is 46.9 Å². The maximum absolute atomic E-state index is 13.5. The Labute approximate surface area is 120 Å². The van der Waals surface area contributed by atoms with E-state index in [1.807, 2.05) is 25.1 Å². The zero-order valence-corrected chi connectivity index (χ0v) is 12.2. The van der Waals surface area contributed by atoms with Crippen LogP contribution in [0.1, 0.15) is 12.5 Å². The van der Waals surface area contributed by atoms with Gasteiger partial charge in [-0.15, -0.1) is 0 Å². The molecule has 0 saturated carbocycles. The predicted molar refractivity (Wildman–Crippen MR) is 78.0 cm³/mol. The van der Waals surface area contributed by atoms with Crippen LogP contribution in [0.5, 0.6) is 11.5 Å². The first-order valence-corrected chi connectivity index (χ1v) is 6.82. The lowest BCUT2D eigenvalue weighted by molar-refractivity contribution is 0.442. The molecule has 0 spiro atoms. The van der Waals surface area contributed by atoms with Gasteiger partial charge in [-0.1, -0.05) is 34.1 Å². The van der Waals surface area contributed by atoms with Gasteiger partial charge in [0.1, 0.15) is 5.75 Å². The number of nitrogens with two attached hydrogens (primary N) is 1. The van der Waals surface area contributed by atoms with Crippen LogP contribution in [0.2, 0.25) is 0 Å². The average molecular weight is 324 g/mol. The van der Waals surface area contributed by atoms with E-state index in [1.54, 1.807) is 18.2 Å². The molecule has 2 aromatic carbocycles. The minimum absolute atomic E-state index is 0.0923. The van der Waals surface area contributed by atoms with Crippen molar-refractivity contribution in [3.05, 3.63) is 58.3 Å². The molecule has 4 heteroatoms. The molecule has 0 aliphatic heterocycles. The van der Waals surface area contributed by atoms with Gasteiger partial charge in [-0.2, -0.15) is 0 Å². The van der Waals surface area contributed by atoms with Gasteiger partial charge in [0.15, 0.2) is 11.6 Å². The maximum Gasteiger partial charge on any atom is 0.165 e. The lowest BCUT2D eigenvalue weighted by atomic mass is 10.1. The standard InChI is InChI=1S/C15H15BrFNO/c1-10(18)8-11-6-7-12(9-13(11)16)19-15-5-3-2-4-14(15)17/h2-7,9-10H,8,18H2,1H3. The highest BCUT2D eigenvalue weighted by Crippen LogP contribution is 2.28. The quantitative estimate of drug-likeness (QED) is 0.911. The Morgan fingerprint density at radius 1 is 1.26 bits per heavy atom. The summed E-state index contributed by atoms with van der Waals surface area (Å²) in [6, 6.07) is 12.0. The number of ether oxygens (including phenoxy) is 1. The van der Waals surface area contributed by atoms with E-state index in [2.05, 4.69) is 15.9 Å². The van der Waals surface area contributed by atoms with Crippen LogP contribution in [0.4, 0.5) is 4.39 Å². The van der Waals surface area contributed by atoms with Crippen LogP contribution in [0, 0.1) is 5.82 Å². The molecule has 0 heterocycles. The summed E-state index contributed by atoms with van der Waals surface area (Å²) in [5, 5.41) is 0. The monoisotopic (exact) mass is 323 g/mol. The molecule has 2 rings (SSSR count). The molecule has 19 heavy (non-hydrogen) atoms. The van der Waals surface area contributed by atoms with Crippen LogP contribution in [-0.4, -0.2) is 6.04 Å². The van der Waals surface area contributed by atoms with Gasteiger partial charge in [-0.25, -0.2) is 4.39 Å². The van der Waals surface area contributed by atoms with Gasteiger partial charge in [-0.05, 0) is 43.2 Å². The van der Waals surface area contributed by atoms with Crippen molar-refractivity contribution >= 4 is 15.9 Å². The van der Waals surface area contributed by atoms with Gasteiger partial charge in [0.05, 0.1) is 0 Å². The van der Waals surface area contributed by atoms with Crippen molar-refractivity contribution in [2.45, 2.75) is 19.4 Å². The van der Waals surface area contributed by atoms with Crippen molar-refractivity contribution in [3.63, 3.8) is 0 Å². The molecule has 100 valence electrons. The lowest BCUT2D eigenvalue weighted by Gasteiger charge is -2.11. The Bertz CT molecular complexity index is 572. The predicted octanol–water partition coefficient (Wildman–Crippen LogP) is 4.27. The van der Waals surface area contributed by atoms with Gasteiger partial charge < -0.3 is 10.5 Å². The fourth-order valence-electron chi connectivity index (χ4n) is 1.76. The van der Waals surface area contributed by atoms with Crippen LogP contribution >= 0.6 is 15.9 Å². The number of benzene rings is 2. The molecule has 0 saturated heterocycles. The number of rotatable bonds is 4. The SMILES string of the molecule is CC(N)Cc1ccc(Oc2ccccc2F)cc1Br. The minimum Gasteiger partial charge on any atom is -0.454 e. The molecule has 0 bridgehead atoms. The summed E-state index contributed by atoms with van der Waals surface area (Å²) < 4.78 is 19.9. The van der Waals surface area contributed by atoms with Gasteiger partial charge in [-0.3, -0.25) is 0 Å². The largest absolute Gasteiger partial charge is 0.454 e. The first kappa shape index (κ1) is 14.0. The highest BCUT2D eigenvalue weighted by atomic mass is 79.9. The number of halogens is 2. The van der Waals surface area contributed by atoms with Gasteiger partial charge in [0.25, 0.3) is 0 Å². The maximum atomic E-state index is 13.5. The van der Waals surface area contributed by atoms with Gasteiger partial charge >= 0.3 is 0 Å². The molecule has 0 fully saturated rings. The van der Waals surface area contributed by atoms with Gasteiger partial charge in [0.2, 0.25) is 0 Å². The Morgan fingerprint density at radius 3 is 2.63 bits per heavy atom.